The fourth-order valence-electron chi connectivity index (χ4n) is 5.17. The highest BCUT2D eigenvalue weighted by Crippen LogP contribution is 2.10. The number of hydrogen-bond acceptors (Lipinski definition) is 9. The van der Waals surface area contributed by atoms with E-state index in [-0.39, 0.29) is 38.0 Å². The SMILES string of the molecule is CSCC[C@H](NC(=O)[C@@H](N)CC(C)C)C(=O)N[C@@H](CCC(N)=O)C(=O)N[C@@H](Cc1ccccc1)C(=O)N[C@@H](Cc1ccccc1)C(=O)NCC(=O)O. The average molecular weight is 742 g/mol. The molecule has 284 valence electrons. The highest BCUT2D eigenvalue weighted by molar-refractivity contribution is 7.98. The Labute approximate surface area is 308 Å². The first-order valence-electron chi connectivity index (χ1n) is 17.0. The van der Waals surface area contributed by atoms with Gasteiger partial charge in [0.25, 0.3) is 0 Å². The molecule has 5 atom stereocenters. The Morgan fingerprint density at radius 2 is 1.12 bits per heavy atom. The van der Waals surface area contributed by atoms with E-state index in [1.54, 1.807) is 60.7 Å². The van der Waals surface area contributed by atoms with Crippen LogP contribution in [0.25, 0.3) is 0 Å². The number of primary amides is 1. The van der Waals surface area contributed by atoms with Crippen molar-refractivity contribution in [3.05, 3.63) is 71.8 Å². The van der Waals surface area contributed by atoms with Crippen molar-refractivity contribution in [3.8, 4) is 0 Å². The van der Waals surface area contributed by atoms with E-state index in [0.29, 0.717) is 23.3 Å². The number of nitrogens with one attached hydrogen (secondary N) is 5. The molecule has 0 unspecified atom stereocenters. The first kappa shape index (κ1) is 43.2. The molecule has 2 aromatic carbocycles. The minimum atomic E-state index is -1.34. The summed E-state index contributed by atoms with van der Waals surface area (Å²) in [5.41, 5.74) is 12.8. The Morgan fingerprint density at radius 1 is 0.673 bits per heavy atom. The van der Waals surface area contributed by atoms with Crippen molar-refractivity contribution < 1.29 is 38.7 Å². The van der Waals surface area contributed by atoms with Gasteiger partial charge in [-0.2, -0.15) is 11.8 Å². The molecule has 15 nitrogen and oxygen atoms in total. The molecule has 0 aliphatic carbocycles. The third kappa shape index (κ3) is 16.4. The molecule has 0 saturated heterocycles. The van der Waals surface area contributed by atoms with Gasteiger partial charge in [-0.05, 0) is 48.3 Å². The average Bonchev–Trinajstić information content (AvgIpc) is 3.10. The zero-order chi connectivity index (χ0) is 38.6. The number of amides is 6. The van der Waals surface area contributed by atoms with Crippen molar-refractivity contribution >= 4 is 53.2 Å². The first-order valence-corrected chi connectivity index (χ1v) is 18.4. The van der Waals surface area contributed by atoms with Gasteiger partial charge >= 0.3 is 5.97 Å². The van der Waals surface area contributed by atoms with Crippen LogP contribution in [0, 0.1) is 5.92 Å². The molecule has 2 aromatic rings. The molecule has 0 fully saturated rings. The fourth-order valence-corrected chi connectivity index (χ4v) is 5.65. The summed E-state index contributed by atoms with van der Waals surface area (Å²) < 4.78 is 0. The normalized spacial score (nSPS) is 13.8. The molecule has 0 spiro atoms. The van der Waals surface area contributed by atoms with E-state index in [0.717, 1.165) is 0 Å². The van der Waals surface area contributed by atoms with Crippen molar-refractivity contribution in [3.63, 3.8) is 0 Å². The van der Waals surface area contributed by atoms with Crippen molar-refractivity contribution in [2.45, 2.75) is 82.6 Å². The molecular weight excluding hydrogens is 691 g/mol. The zero-order valence-electron chi connectivity index (χ0n) is 29.8. The van der Waals surface area contributed by atoms with Crippen molar-refractivity contribution in [2.24, 2.45) is 17.4 Å². The molecule has 16 heteroatoms. The Hall–Kier alpha value is -4.96. The van der Waals surface area contributed by atoms with Gasteiger partial charge in [-0.25, -0.2) is 0 Å². The number of benzene rings is 2. The van der Waals surface area contributed by atoms with E-state index in [4.69, 9.17) is 16.6 Å². The van der Waals surface area contributed by atoms with Crippen molar-refractivity contribution in [2.75, 3.05) is 18.6 Å². The maximum atomic E-state index is 13.9. The second kappa shape index (κ2) is 22.8. The van der Waals surface area contributed by atoms with E-state index in [2.05, 4.69) is 26.6 Å². The van der Waals surface area contributed by atoms with Gasteiger partial charge in [0.1, 0.15) is 30.7 Å². The molecule has 0 aromatic heterocycles. The molecule has 0 aliphatic heterocycles. The predicted molar refractivity (Wildman–Crippen MR) is 198 cm³/mol. The standard InChI is InChI=1S/C36H51N7O8S/c1-22(2)18-25(37)32(47)40-27(16-17-52-3)35(50)41-26(14-15-30(38)44)34(49)43-29(20-24-12-8-5-9-13-24)36(51)42-28(33(48)39-21-31(45)46)19-23-10-6-4-7-11-23/h4-13,22,25-29H,14-21,37H2,1-3H3,(H2,38,44)(H,39,48)(H,40,47)(H,41,50)(H,42,51)(H,43,49)(H,45,46)/t25-,26-,27-,28-,29-/m0/s1. The van der Waals surface area contributed by atoms with Crippen LogP contribution in [0.2, 0.25) is 0 Å². The summed E-state index contributed by atoms with van der Waals surface area (Å²) in [4.78, 5) is 90.1. The van der Waals surface area contributed by atoms with Gasteiger partial charge in [0.05, 0.1) is 6.04 Å². The third-order valence-electron chi connectivity index (χ3n) is 7.86. The van der Waals surface area contributed by atoms with Crippen LogP contribution in [0.15, 0.2) is 60.7 Å². The zero-order valence-corrected chi connectivity index (χ0v) is 30.6. The summed E-state index contributed by atoms with van der Waals surface area (Å²) in [5.74, 6) is -4.90. The predicted octanol–water partition coefficient (Wildman–Crippen LogP) is 0.00380. The number of carboxylic acid groups (broad SMARTS) is 1. The van der Waals surface area contributed by atoms with Crippen LogP contribution in [0.3, 0.4) is 0 Å². The maximum Gasteiger partial charge on any atom is 0.322 e. The smallest absolute Gasteiger partial charge is 0.322 e. The molecule has 10 N–H and O–H groups in total. The Balaban J connectivity index is 2.37. The number of thioether (sulfide) groups is 1. The summed E-state index contributed by atoms with van der Waals surface area (Å²) in [6, 6.07) is 11.8. The highest BCUT2D eigenvalue weighted by Gasteiger charge is 2.32. The lowest BCUT2D eigenvalue weighted by Gasteiger charge is -2.27. The number of carbonyl (C=O) groups excluding carboxylic acids is 6. The topological polar surface area (TPSA) is 252 Å². The first-order chi connectivity index (χ1) is 24.7. The summed E-state index contributed by atoms with van der Waals surface area (Å²) in [6.45, 7) is 3.15. The van der Waals surface area contributed by atoms with E-state index in [9.17, 15) is 33.6 Å². The Kier molecular flexibility index (Phi) is 18.9. The maximum absolute atomic E-state index is 13.9. The van der Waals surface area contributed by atoms with E-state index in [1.165, 1.54) is 11.8 Å². The van der Waals surface area contributed by atoms with Crippen molar-refractivity contribution in [1.29, 1.82) is 0 Å². The minimum Gasteiger partial charge on any atom is -0.480 e. The van der Waals surface area contributed by atoms with Crippen LogP contribution in [-0.2, 0) is 46.4 Å². The van der Waals surface area contributed by atoms with E-state index < -0.39 is 78.2 Å². The fraction of sp³-hybridized carbons (Fsp3) is 0.472. The number of carbonyl (C=O) groups is 7. The number of aliphatic carboxylic acids is 1. The van der Waals surface area contributed by atoms with Gasteiger partial charge in [0, 0.05) is 19.3 Å². The highest BCUT2D eigenvalue weighted by atomic mass is 32.2. The number of carboxylic acids is 1. The largest absolute Gasteiger partial charge is 0.480 e. The molecular formula is C36H51N7O8S. The van der Waals surface area contributed by atoms with E-state index >= 15 is 0 Å². The van der Waals surface area contributed by atoms with Crippen LogP contribution < -0.4 is 38.1 Å². The molecule has 6 amide bonds. The quantitative estimate of drug-likeness (QED) is 0.0757. The van der Waals surface area contributed by atoms with Crippen molar-refractivity contribution in [1.82, 2.24) is 26.6 Å². The lowest BCUT2D eigenvalue weighted by molar-refractivity contribution is -0.138. The number of rotatable bonds is 23. The Bertz CT molecular complexity index is 1500. The van der Waals surface area contributed by atoms with Gasteiger partial charge in [-0.1, -0.05) is 74.5 Å². The van der Waals surface area contributed by atoms with Gasteiger partial charge in [-0.3, -0.25) is 33.6 Å². The lowest BCUT2D eigenvalue weighted by atomic mass is 10.0. The summed E-state index contributed by atoms with van der Waals surface area (Å²) >= 11 is 1.45. The summed E-state index contributed by atoms with van der Waals surface area (Å²) in [5, 5.41) is 22.0. The number of hydrogen-bond donors (Lipinski definition) is 8. The van der Waals surface area contributed by atoms with Gasteiger partial charge in [-0.15, -0.1) is 0 Å². The van der Waals surface area contributed by atoms with Gasteiger partial charge < -0.3 is 43.2 Å². The molecule has 52 heavy (non-hydrogen) atoms. The molecule has 0 saturated carbocycles. The van der Waals surface area contributed by atoms with Gasteiger partial charge in [0.2, 0.25) is 35.4 Å². The van der Waals surface area contributed by atoms with Gasteiger partial charge in [0.15, 0.2) is 0 Å². The van der Waals surface area contributed by atoms with Crippen LogP contribution in [0.4, 0.5) is 0 Å². The van der Waals surface area contributed by atoms with Crippen LogP contribution in [0.5, 0.6) is 0 Å². The second-order valence-corrected chi connectivity index (χ2v) is 13.7. The number of nitrogens with two attached hydrogens (primary N) is 2. The van der Waals surface area contributed by atoms with E-state index in [1.807, 2.05) is 20.1 Å². The van der Waals surface area contributed by atoms with Crippen LogP contribution in [0.1, 0.15) is 50.7 Å². The molecule has 0 heterocycles. The molecule has 2 rings (SSSR count). The summed E-state index contributed by atoms with van der Waals surface area (Å²) in [6.07, 6.45) is 1.96. The summed E-state index contributed by atoms with van der Waals surface area (Å²) in [7, 11) is 0. The lowest BCUT2D eigenvalue weighted by Crippen LogP contribution is -2.59. The monoisotopic (exact) mass is 741 g/mol. The Morgan fingerprint density at radius 3 is 1.58 bits per heavy atom. The minimum absolute atomic E-state index is 0.0192. The molecule has 0 bridgehead atoms. The molecule has 0 aliphatic rings. The second-order valence-electron chi connectivity index (χ2n) is 12.8. The third-order valence-corrected chi connectivity index (χ3v) is 8.51. The van der Waals surface area contributed by atoms with Crippen LogP contribution >= 0.6 is 11.8 Å². The molecule has 0 radical (unpaired) electrons. The van der Waals surface area contributed by atoms with Crippen LogP contribution in [-0.4, -0.2) is 95.3 Å².